The van der Waals surface area contributed by atoms with Crippen LogP contribution in [-0.4, -0.2) is 54.0 Å². The van der Waals surface area contributed by atoms with Gasteiger partial charge in [-0.2, -0.15) is 0 Å². The standard InChI is InChI=1S/C11H9B3N2O2/c12-6-1-2-7-8(3-6)17-4-9(18-7)10-15-5-11(13,14)16-10/h1-3,9H,4-5H2,(H,15,16). The number of benzene rings is 1. The van der Waals surface area contributed by atoms with Gasteiger partial charge in [-0.25, -0.2) is 0 Å². The Morgan fingerprint density at radius 3 is 2.89 bits per heavy atom. The van der Waals surface area contributed by atoms with Gasteiger partial charge in [0, 0.05) is 6.54 Å². The predicted molar refractivity (Wildman–Crippen MR) is 71.4 cm³/mol. The first kappa shape index (κ1) is 11.6. The van der Waals surface area contributed by atoms with Crippen LogP contribution in [0.1, 0.15) is 0 Å². The molecule has 4 nitrogen and oxygen atoms in total. The average molecular weight is 234 g/mol. The van der Waals surface area contributed by atoms with E-state index in [-0.39, 0.29) is 6.10 Å². The largest absolute Gasteiger partial charge is 0.485 e. The highest BCUT2D eigenvalue weighted by molar-refractivity contribution is 6.42. The molecule has 2 heterocycles. The summed E-state index contributed by atoms with van der Waals surface area (Å²) < 4.78 is 11.4. The first-order chi connectivity index (χ1) is 8.53. The van der Waals surface area contributed by atoms with Crippen LogP contribution in [0.4, 0.5) is 0 Å². The lowest BCUT2D eigenvalue weighted by Crippen LogP contribution is -2.52. The summed E-state index contributed by atoms with van der Waals surface area (Å²) in [6.45, 7) is 0.662. The molecule has 0 amide bonds. The van der Waals surface area contributed by atoms with Gasteiger partial charge in [-0.05, 0) is 17.5 Å². The maximum atomic E-state index is 5.78. The van der Waals surface area contributed by atoms with Crippen molar-refractivity contribution in [2.24, 2.45) is 4.99 Å². The van der Waals surface area contributed by atoms with E-state index >= 15 is 0 Å². The molecule has 0 saturated heterocycles. The van der Waals surface area contributed by atoms with Crippen molar-refractivity contribution >= 4 is 34.8 Å². The Morgan fingerprint density at radius 2 is 2.17 bits per heavy atom. The van der Waals surface area contributed by atoms with Crippen molar-refractivity contribution in [1.29, 1.82) is 0 Å². The molecule has 18 heavy (non-hydrogen) atoms. The van der Waals surface area contributed by atoms with Crippen LogP contribution < -0.4 is 20.3 Å². The van der Waals surface area contributed by atoms with Crippen molar-refractivity contribution in [3.05, 3.63) is 18.2 Å². The smallest absolute Gasteiger partial charge is 0.189 e. The lowest BCUT2D eigenvalue weighted by Gasteiger charge is -2.29. The fourth-order valence-corrected chi connectivity index (χ4v) is 1.94. The highest BCUT2D eigenvalue weighted by atomic mass is 16.6. The van der Waals surface area contributed by atoms with Gasteiger partial charge in [-0.1, -0.05) is 11.5 Å². The Labute approximate surface area is 109 Å². The molecule has 1 aromatic rings. The van der Waals surface area contributed by atoms with Gasteiger partial charge in [-0.3, -0.25) is 4.99 Å². The summed E-state index contributed by atoms with van der Waals surface area (Å²) in [7, 11) is 17.1. The summed E-state index contributed by atoms with van der Waals surface area (Å²) in [4.78, 5) is 4.23. The second kappa shape index (κ2) is 4.00. The molecule has 2 aliphatic heterocycles. The molecule has 0 aromatic heterocycles. The quantitative estimate of drug-likeness (QED) is 0.608. The fourth-order valence-electron chi connectivity index (χ4n) is 1.94. The van der Waals surface area contributed by atoms with E-state index in [2.05, 4.69) is 10.3 Å². The SMILES string of the molecule is [B]c1ccc2c(c1)OCC(C1=NCC([B])([B])N1)O2. The topological polar surface area (TPSA) is 42.8 Å². The molecule has 0 spiro atoms. The average Bonchev–Trinajstić information content (AvgIpc) is 2.69. The molecule has 0 fully saturated rings. The van der Waals surface area contributed by atoms with E-state index in [1.807, 2.05) is 0 Å². The third kappa shape index (κ3) is 2.09. The third-order valence-electron chi connectivity index (χ3n) is 2.80. The van der Waals surface area contributed by atoms with Gasteiger partial charge in [0.1, 0.15) is 20.3 Å². The Hall–Kier alpha value is -1.52. The van der Waals surface area contributed by atoms with Crippen molar-refractivity contribution in [2.75, 3.05) is 13.2 Å². The van der Waals surface area contributed by atoms with E-state index in [9.17, 15) is 0 Å². The Balaban J connectivity index is 1.78. The molecule has 84 valence electrons. The number of hydrogen-bond donors (Lipinski definition) is 1. The molecule has 1 atom stereocenters. The predicted octanol–water partition coefficient (Wildman–Crippen LogP) is -1.39. The number of fused-ring (bicyclic) bond motifs is 1. The van der Waals surface area contributed by atoms with Gasteiger partial charge in [0.15, 0.2) is 17.6 Å². The number of rotatable bonds is 1. The maximum Gasteiger partial charge on any atom is 0.189 e. The van der Waals surface area contributed by atoms with E-state index in [0.29, 0.717) is 35.9 Å². The molecule has 0 aliphatic carbocycles. The molecule has 2 aliphatic rings. The lowest BCUT2D eigenvalue weighted by molar-refractivity contribution is 0.133. The van der Waals surface area contributed by atoms with E-state index in [4.69, 9.17) is 33.0 Å². The lowest BCUT2D eigenvalue weighted by atomic mass is 9.62. The van der Waals surface area contributed by atoms with Crippen LogP contribution in [-0.2, 0) is 0 Å². The Bertz CT molecular complexity index is 519. The van der Waals surface area contributed by atoms with Crippen LogP contribution in [0, 0.1) is 0 Å². The van der Waals surface area contributed by atoms with Crippen LogP contribution in [0.2, 0.25) is 0 Å². The number of aliphatic imine (C=N–C) groups is 1. The zero-order valence-electron chi connectivity index (χ0n) is 9.72. The van der Waals surface area contributed by atoms with Crippen molar-refractivity contribution < 1.29 is 9.47 Å². The molecule has 0 saturated carbocycles. The third-order valence-corrected chi connectivity index (χ3v) is 2.80. The van der Waals surface area contributed by atoms with Gasteiger partial charge in [0.05, 0.1) is 15.7 Å². The molecule has 3 rings (SSSR count). The minimum absolute atomic E-state index is 0.316. The number of nitrogens with one attached hydrogen (secondary N) is 1. The van der Waals surface area contributed by atoms with Crippen LogP contribution in [0.3, 0.4) is 0 Å². The summed E-state index contributed by atoms with van der Waals surface area (Å²) in [5.74, 6) is 1.88. The second-order valence-electron chi connectivity index (χ2n) is 4.49. The monoisotopic (exact) mass is 234 g/mol. The number of nitrogens with zero attached hydrogens (tertiary/aromatic N) is 1. The van der Waals surface area contributed by atoms with E-state index in [1.165, 1.54) is 0 Å². The van der Waals surface area contributed by atoms with Crippen LogP contribution in [0.25, 0.3) is 0 Å². The number of hydrogen-bond acceptors (Lipinski definition) is 4. The van der Waals surface area contributed by atoms with Gasteiger partial charge in [0.25, 0.3) is 0 Å². The molecule has 1 aromatic carbocycles. The molecule has 6 radical (unpaired) electrons. The summed E-state index contributed by atoms with van der Waals surface area (Å²) in [5.41, 5.74) is 0.634. The summed E-state index contributed by atoms with van der Waals surface area (Å²) in [6.07, 6.45) is -0.324. The van der Waals surface area contributed by atoms with Crippen LogP contribution in [0.15, 0.2) is 23.2 Å². The first-order valence-electron chi connectivity index (χ1n) is 5.63. The molecule has 0 bridgehead atoms. The second-order valence-corrected chi connectivity index (χ2v) is 4.49. The summed E-state index contributed by atoms with van der Waals surface area (Å²) in [5, 5.41) is 1.92. The van der Waals surface area contributed by atoms with Gasteiger partial charge in [0.2, 0.25) is 0 Å². The molecule has 1 unspecified atom stereocenters. The van der Waals surface area contributed by atoms with Gasteiger partial charge >= 0.3 is 0 Å². The molecule has 1 N–H and O–H groups in total. The highest BCUT2D eigenvalue weighted by Crippen LogP contribution is 2.30. The fraction of sp³-hybridized carbons (Fsp3) is 0.364. The molecular weight excluding hydrogens is 225 g/mol. The Kier molecular flexibility index (Phi) is 2.57. The zero-order valence-corrected chi connectivity index (χ0v) is 9.72. The van der Waals surface area contributed by atoms with Crippen molar-refractivity contribution in [1.82, 2.24) is 5.32 Å². The normalized spacial score (nSPS) is 24.2. The van der Waals surface area contributed by atoms with Crippen molar-refractivity contribution in [2.45, 2.75) is 11.4 Å². The minimum atomic E-state index is -1.000. The van der Waals surface area contributed by atoms with Crippen LogP contribution in [0.5, 0.6) is 11.5 Å². The van der Waals surface area contributed by atoms with Crippen molar-refractivity contribution in [3.63, 3.8) is 0 Å². The number of ether oxygens (including phenoxy) is 2. The van der Waals surface area contributed by atoms with E-state index in [1.54, 1.807) is 18.2 Å². The summed E-state index contributed by atoms with van der Waals surface area (Å²) in [6, 6.07) is 5.25. The van der Waals surface area contributed by atoms with Crippen LogP contribution >= 0.6 is 0 Å². The summed E-state index contributed by atoms with van der Waals surface area (Å²) >= 11 is 0. The number of amidine groups is 1. The maximum absolute atomic E-state index is 5.78. The molecule has 7 heteroatoms. The van der Waals surface area contributed by atoms with Gasteiger partial charge in [-0.15, -0.1) is 0 Å². The minimum Gasteiger partial charge on any atom is -0.485 e. The van der Waals surface area contributed by atoms with Gasteiger partial charge < -0.3 is 14.8 Å². The Morgan fingerprint density at radius 1 is 1.33 bits per heavy atom. The van der Waals surface area contributed by atoms with E-state index < -0.39 is 5.34 Å². The first-order valence-corrected chi connectivity index (χ1v) is 5.63. The van der Waals surface area contributed by atoms with E-state index in [0.717, 1.165) is 0 Å². The zero-order chi connectivity index (χ0) is 12.8. The highest BCUT2D eigenvalue weighted by Gasteiger charge is 2.32. The molecular formula is C11H9B3N2O2. The van der Waals surface area contributed by atoms with Crippen molar-refractivity contribution in [3.8, 4) is 11.5 Å².